The summed E-state index contributed by atoms with van der Waals surface area (Å²) in [6, 6.07) is 8.15. The molecule has 2 rings (SSSR count). The first-order valence-corrected chi connectivity index (χ1v) is 9.79. The van der Waals surface area contributed by atoms with Gasteiger partial charge in [-0.05, 0) is 30.9 Å². The van der Waals surface area contributed by atoms with E-state index in [1.807, 2.05) is 13.0 Å². The molecule has 1 amide bonds. The Morgan fingerprint density at radius 2 is 1.96 bits per heavy atom. The van der Waals surface area contributed by atoms with E-state index in [0.717, 1.165) is 25.8 Å². The number of sulfonamides is 1. The molecule has 0 unspecified atom stereocenters. The third-order valence-corrected chi connectivity index (χ3v) is 4.83. The van der Waals surface area contributed by atoms with Gasteiger partial charge in [-0.3, -0.25) is 9.69 Å². The quantitative estimate of drug-likeness (QED) is 0.709. The molecular weight excluding hydrogens is 314 g/mol. The Hall–Kier alpha value is -1.44. The van der Waals surface area contributed by atoms with E-state index in [2.05, 4.69) is 33.1 Å². The van der Waals surface area contributed by atoms with Crippen LogP contribution in [0, 0.1) is 0 Å². The Morgan fingerprint density at radius 3 is 2.65 bits per heavy atom. The molecular formula is C16H25N3O3S. The van der Waals surface area contributed by atoms with E-state index in [-0.39, 0.29) is 11.9 Å². The number of benzene rings is 1. The molecule has 1 aliphatic heterocycles. The van der Waals surface area contributed by atoms with E-state index in [0.29, 0.717) is 19.5 Å². The Kier molecular flexibility index (Phi) is 6.15. The summed E-state index contributed by atoms with van der Waals surface area (Å²) in [4.78, 5) is 14.4. The number of fused-ring (bicyclic) bond motifs is 1. The molecule has 1 aromatic rings. The van der Waals surface area contributed by atoms with Gasteiger partial charge >= 0.3 is 0 Å². The third-order valence-electron chi connectivity index (χ3n) is 4.10. The first-order chi connectivity index (χ1) is 10.9. The van der Waals surface area contributed by atoms with Crippen LogP contribution in [0.4, 0.5) is 0 Å². The molecule has 2 N–H and O–H groups in total. The van der Waals surface area contributed by atoms with E-state index in [1.54, 1.807) is 0 Å². The number of nitrogens with one attached hydrogen (secondary N) is 2. The summed E-state index contributed by atoms with van der Waals surface area (Å²) >= 11 is 0. The van der Waals surface area contributed by atoms with E-state index in [9.17, 15) is 13.2 Å². The lowest BCUT2D eigenvalue weighted by molar-refractivity contribution is -0.126. The molecule has 0 saturated heterocycles. The maximum atomic E-state index is 12.2. The molecule has 128 valence electrons. The monoisotopic (exact) mass is 339 g/mol. The van der Waals surface area contributed by atoms with Crippen LogP contribution < -0.4 is 10.0 Å². The van der Waals surface area contributed by atoms with Crippen molar-refractivity contribution in [2.45, 2.75) is 32.4 Å². The van der Waals surface area contributed by atoms with Gasteiger partial charge in [-0.2, -0.15) is 0 Å². The van der Waals surface area contributed by atoms with E-state index < -0.39 is 10.0 Å². The summed E-state index contributed by atoms with van der Waals surface area (Å²) in [5, 5.41) is 2.87. The number of carbonyl (C=O) groups excluding carboxylic acids is 1. The highest BCUT2D eigenvalue weighted by molar-refractivity contribution is 7.88. The highest BCUT2D eigenvalue weighted by atomic mass is 32.2. The fraction of sp³-hybridized carbons (Fsp3) is 0.562. The number of carbonyl (C=O) groups is 1. The molecule has 6 nitrogen and oxygen atoms in total. The van der Waals surface area contributed by atoms with Crippen LogP contribution in [0.3, 0.4) is 0 Å². The van der Waals surface area contributed by atoms with Crippen molar-refractivity contribution in [3.05, 3.63) is 35.4 Å². The number of rotatable bonds is 7. The van der Waals surface area contributed by atoms with E-state index >= 15 is 0 Å². The van der Waals surface area contributed by atoms with E-state index in [1.165, 1.54) is 11.1 Å². The lowest BCUT2D eigenvalue weighted by atomic mass is 9.99. The molecule has 0 bridgehead atoms. The van der Waals surface area contributed by atoms with Crippen molar-refractivity contribution in [2.24, 2.45) is 0 Å². The van der Waals surface area contributed by atoms with Crippen LogP contribution in [0.1, 0.15) is 24.5 Å². The fourth-order valence-corrected chi connectivity index (χ4v) is 3.23. The fourth-order valence-electron chi connectivity index (χ4n) is 2.72. The first-order valence-electron chi connectivity index (χ1n) is 7.90. The predicted molar refractivity (Wildman–Crippen MR) is 90.5 cm³/mol. The van der Waals surface area contributed by atoms with Gasteiger partial charge < -0.3 is 5.32 Å². The summed E-state index contributed by atoms with van der Waals surface area (Å²) in [7, 11) is -3.16. The topological polar surface area (TPSA) is 78.5 Å². The molecule has 0 radical (unpaired) electrons. The smallest absolute Gasteiger partial charge is 0.237 e. The number of hydrogen-bond acceptors (Lipinski definition) is 4. The van der Waals surface area contributed by atoms with Crippen LogP contribution in [0.2, 0.25) is 0 Å². The van der Waals surface area contributed by atoms with E-state index in [4.69, 9.17) is 0 Å². The number of hydrogen-bond donors (Lipinski definition) is 2. The van der Waals surface area contributed by atoms with Crippen molar-refractivity contribution in [1.29, 1.82) is 0 Å². The zero-order chi connectivity index (χ0) is 16.9. The van der Waals surface area contributed by atoms with Gasteiger partial charge in [0, 0.05) is 26.2 Å². The van der Waals surface area contributed by atoms with Crippen molar-refractivity contribution in [2.75, 3.05) is 25.9 Å². The molecule has 0 aromatic heterocycles. The molecule has 1 aliphatic rings. The highest BCUT2D eigenvalue weighted by Crippen LogP contribution is 2.20. The van der Waals surface area contributed by atoms with Gasteiger partial charge in [0.25, 0.3) is 0 Å². The Morgan fingerprint density at radius 1 is 1.26 bits per heavy atom. The minimum Gasteiger partial charge on any atom is -0.355 e. The van der Waals surface area contributed by atoms with Crippen LogP contribution in [0.25, 0.3) is 0 Å². The summed E-state index contributed by atoms with van der Waals surface area (Å²) < 4.78 is 24.3. The van der Waals surface area contributed by atoms with Crippen molar-refractivity contribution < 1.29 is 13.2 Å². The minimum atomic E-state index is -3.16. The Labute approximate surface area is 138 Å². The Balaban J connectivity index is 1.75. The van der Waals surface area contributed by atoms with Crippen molar-refractivity contribution in [3.63, 3.8) is 0 Å². The van der Waals surface area contributed by atoms with Crippen molar-refractivity contribution in [3.8, 4) is 0 Å². The zero-order valence-electron chi connectivity index (χ0n) is 13.7. The molecule has 0 fully saturated rings. The normalized spacial score (nSPS) is 16.6. The summed E-state index contributed by atoms with van der Waals surface area (Å²) in [6.45, 7) is 4.39. The molecule has 0 saturated carbocycles. The Bertz CT molecular complexity index is 646. The van der Waals surface area contributed by atoms with Gasteiger partial charge in [-0.15, -0.1) is 0 Å². The van der Waals surface area contributed by atoms with Crippen molar-refractivity contribution >= 4 is 15.9 Å². The largest absolute Gasteiger partial charge is 0.355 e. The molecule has 1 heterocycles. The van der Waals surface area contributed by atoms with Crippen LogP contribution in [0.15, 0.2) is 24.3 Å². The standard InChI is InChI=1S/C16H25N3O3S/c1-13(16(20)17-9-5-10-18-23(2,21)22)19-11-8-14-6-3-4-7-15(14)12-19/h3-4,6-7,13,18H,5,8-12H2,1-2H3,(H,17,20)/t13-/m0/s1. The van der Waals surface area contributed by atoms with Gasteiger partial charge in [0.1, 0.15) is 0 Å². The second-order valence-electron chi connectivity index (χ2n) is 5.98. The summed E-state index contributed by atoms with van der Waals surface area (Å²) in [5.41, 5.74) is 2.65. The van der Waals surface area contributed by atoms with Crippen molar-refractivity contribution in [1.82, 2.24) is 14.9 Å². The summed E-state index contributed by atoms with van der Waals surface area (Å²) in [6.07, 6.45) is 2.67. The van der Waals surface area contributed by atoms with Gasteiger partial charge in [0.2, 0.25) is 15.9 Å². The zero-order valence-corrected chi connectivity index (χ0v) is 14.5. The van der Waals surface area contributed by atoms with Gasteiger partial charge in [0.15, 0.2) is 0 Å². The summed E-state index contributed by atoms with van der Waals surface area (Å²) in [5.74, 6) is -0.0104. The molecule has 1 atom stereocenters. The maximum absolute atomic E-state index is 12.2. The molecule has 0 spiro atoms. The predicted octanol–water partition coefficient (Wildman–Crippen LogP) is 0.489. The van der Waals surface area contributed by atoms with Gasteiger partial charge in [-0.1, -0.05) is 24.3 Å². The lowest BCUT2D eigenvalue weighted by Gasteiger charge is -2.32. The second-order valence-corrected chi connectivity index (χ2v) is 7.81. The van der Waals surface area contributed by atoms with Crippen LogP contribution in [-0.2, 0) is 27.8 Å². The maximum Gasteiger partial charge on any atom is 0.237 e. The van der Waals surface area contributed by atoms with Crippen LogP contribution in [-0.4, -0.2) is 51.2 Å². The second kappa shape index (κ2) is 7.90. The average Bonchev–Trinajstić information content (AvgIpc) is 2.52. The molecule has 0 aliphatic carbocycles. The van der Waals surface area contributed by atoms with Gasteiger partial charge in [0.05, 0.1) is 12.3 Å². The third kappa shape index (κ3) is 5.60. The minimum absolute atomic E-state index is 0.0104. The van der Waals surface area contributed by atoms with Crippen LogP contribution in [0.5, 0.6) is 0 Å². The molecule has 7 heteroatoms. The highest BCUT2D eigenvalue weighted by Gasteiger charge is 2.24. The first kappa shape index (κ1) is 17.9. The van der Waals surface area contributed by atoms with Crippen LogP contribution >= 0.6 is 0 Å². The molecule has 23 heavy (non-hydrogen) atoms. The lowest BCUT2D eigenvalue weighted by Crippen LogP contribution is -2.47. The number of amides is 1. The number of nitrogens with zero attached hydrogens (tertiary/aromatic N) is 1. The SMILES string of the molecule is C[C@@H](C(=O)NCCCNS(C)(=O)=O)N1CCc2ccccc2C1. The average molecular weight is 339 g/mol. The van der Waals surface area contributed by atoms with Gasteiger partial charge in [-0.25, -0.2) is 13.1 Å². The molecule has 1 aromatic carbocycles.